The van der Waals surface area contributed by atoms with Crippen LogP contribution in [0.3, 0.4) is 0 Å². The summed E-state index contributed by atoms with van der Waals surface area (Å²) in [4.78, 5) is 24.3. The molecule has 1 unspecified atom stereocenters. The number of hydrogen-bond acceptors (Lipinski definition) is 6. The lowest BCUT2D eigenvalue weighted by molar-refractivity contribution is -0.124. The predicted molar refractivity (Wildman–Crippen MR) is 89.5 cm³/mol. The Labute approximate surface area is 141 Å². The van der Waals surface area contributed by atoms with Crippen molar-refractivity contribution in [2.24, 2.45) is 5.73 Å². The first-order valence-corrected chi connectivity index (χ1v) is 9.24. The van der Waals surface area contributed by atoms with Crippen LogP contribution in [-0.2, 0) is 14.6 Å². The van der Waals surface area contributed by atoms with Gasteiger partial charge in [0, 0.05) is 12.8 Å². The first-order chi connectivity index (χ1) is 11.1. The van der Waals surface area contributed by atoms with Gasteiger partial charge in [0.2, 0.25) is 5.91 Å². The third-order valence-corrected chi connectivity index (χ3v) is 4.55. The van der Waals surface area contributed by atoms with Gasteiger partial charge in [-0.3, -0.25) is 15.0 Å². The fraction of sp³-hybridized carbons (Fsp3) is 0.467. The van der Waals surface area contributed by atoms with Crippen LogP contribution >= 0.6 is 0 Å². The summed E-state index contributed by atoms with van der Waals surface area (Å²) in [5.74, 6) is 0.00636. The molecule has 0 radical (unpaired) electrons. The highest BCUT2D eigenvalue weighted by molar-refractivity contribution is 7.90. The third kappa shape index (κ3) is 6.55. The minimum absolute atomic E-state index is 0.203. The molecule has 134 valence electrons. The number of nitrogens with two attached hydrogens (primary N) is 1. The topological polar surface area (TPSA) is 119 Å². The number of carbonyl (C=O) groups excluding carboxylic acids is 2. The van der Waals surface area contributed by atoms with Crippen molar-refractivity contribution in [3.05, 3.63) is 24.3 Å². The molecule has 0 aliphatic heterocycles. The lowest BCUT2D eigenvalue weighted by Crippen LogP contribution is -2.47. The van der Waals surface area contributed by atoms with Crippen LogP contribution in [-0.4, -0.2) is 57.8 Å². The van der Waals surface area contributed by atoms with Gasteiger partial charge in [-0.15, -0.1) is 0 Å². The second-order valence-corrected chi connectivity index (χ2v) is 7.47. The minimum Gasteiger partial charge on any atom is -0.494 e. The molecule has 0 bridgehead atoms. The van der Waals surface area contributed by atoms with Gasteiger partial charge in [-0.25, -0.2) is 13.2 Å². The number of sulfone groups is 1. The second-order valence-electron chi connectivity index (χ2n) is 5.46. The van der Waals surface area contributed by atoms with E-state index in [1.165, 1.54) is 12.1 Å². The Hall–Kier alpha value is -2.13. The van der Waals surface area contributed by atoms with Crippen LogP contribution < -0.4 is 15.8 Å². The summed E-state index contributed by atoms with van der Waals surface area (Å²) < 4.78 is 28.5. The molecular formula is C15H23N3O5S. The smallest absolute Gasteiger partial charge is 0.318 e. The third-order valence-electron chi connectivity index (χ3n) is 3.44. The molecule has 24 heavy (non-hydrogen) atoms. The van der Waals surface area contributed by atoms with Crippen molar-refractivity contribution in [2.45, 2.75) is 24.3 Å². The largest absolute Gasteiger partial charge is 0.494 e. The van der Waals surface area contributed by atoms with E-state index in [9.17, 15) is 18.0 Å². The number of benzene rings is 1. The number of rotatable bonds is 8. The zero-order valence-corrected chi connectivity index (χ0v) is 14.8. The van der Waals surface area contributed by atoms with E-state index in [1.54, 1.807) is 31.0 Å². The van der Waals surface area contributed by atoms with E-state index in [-0.39, 0.29) is 4.90 Å². The van der Waals surface area contributed by atoms with E-state index in [2.05, 4.69) is 0 Å². The average Bonchev–Trinajstić information content (AvgIpc) is 2.49. The number of likely N-dealkylation sites (N-methyl/N-ethyl adjacent to an activating group) is 1. The molecule has 8 nitrogen and oxygen atoms in total. The molecule has 0 heterocycles. The van der Waals surface area contributed by atoms with Crippen LogP contribution in [0.5, 0.6) is 5.75 Å². The molecule has 0 saturated carbocycles. The Bertz CT molecular complexity index is 690. The number of ether oxygens (including phenoxy) is 1. The molecule has 0 saturated heterocycles. The molecule has 0 aliphatic rings. The summed E-state index contributed by atoms with van der Waals surface area (Å²) in [5, 5.41) is 2.03. The lowest BCUT2D eigenvalue weighted by atomic mass is 10.2. The quantitative estimate of drug-likeness (QED) is 0.649. The van der Waals surface area contributed by atoms with Crippen LogP contribution in [0, 0.1) is 0 Å². The number of hydrogen-bond donors (Lipinski definition) is 2. The van der Waals surface area contributed by atoms with Crippen LogP contribution in [0.25, 0.3) is 0 Å². The van der Waals surface area contributed by atoms with Gasteiger partial charge in [-0.05, 0) is 38.6 Å². The van der Waals surface area contributed by atoms with Gasteiger partial charge in [0.25, 0.3) is 0 Å². The maximum atomic E-state index is 11.6. The first-order valence-electron chi connectivity index (χ1n) is 7.34. The van der Waals surface area contributed by atoms with Gasteiger partial charge in [-0.2, -0.15) is 0 Å². The van der Waals surface area contributed by atoms with Gasteiger partial charge in [0.15, 0.2) is 9.84 Å². The van der Waals surface area contributed by atoms with Gasteiger partial charge in [0.05, 0.1) is 17.5 Å². The van der Waals surface area contributed by atoms with Crippen molar-refractivity contribution in [1.82, 2.24) is 10.2 Å². The maximum absolute atomic E-state index is 11.6. The van der Waals surface area contributed by atoms with E-state index < -0.39 is 27.8 Å². The van der Waals surface area contributed by atoms with Crippen molar-refractivity contribution in [2.75, 3.05) is 26.5 Å². The van der Waals surface area contributed by atoms with Crippen molar-refractivity contribution in [1.29, 1.82) is 0 Å². The lowest BCUT2D eigenvalue weighted by Gasteiger charge is -2.23. The first kappa shape index (κ1) is 19.9. The number of carbonyl (C=O) groups is 2. The Morgan fingerprint density at radius 3 is 2.62 bits per heavy atom. The molecule has 1 rings (SSSR count). The number of urea groups is 1. The Morgan fingerprint density at radius 1 is 1.38 bits per heavy atom. The van der Waals surface area contributed by atoms with E-state index in [4.69, 9.17) is 10.5 Å². The zero-order chi connectivity index (χ0) is 18.3. The summed E-state index contributed by atoms with van der Waals surface area (Å²) in [5.41, 5.74) is 4.91. The van der Waals surface area contributed by atoms with E-state index in [0.29, 0.717) is 25.3 Å². The molecule has 1 aromatic carbocycles. The van der Waals surface area contributed by atoms with Crippen molar-refractivity contribution >= 4 is 21.8 Å². The number of imide groups is 1. The fourth-order valence-electron chi connectivity index (χ4n) is 1.92. The van der Waals surface area contributed by atoms with Crippen LogP contribution in [0.15, 0.2) is 29.2 Å². The molecule has 0 aliphatic carbocycles. The average molecular weight is 357 g/mol. The summed E-state index contributed by atoms with van der Waals surface area (Å²) in [6.07, 6.45) is 1.76. The van der Waals surface area contributed by atoms with Crippen LogP contribution in [0.2, 0.25) is 0 Å². The number of primary amides is 1. The van der Waals surface area contributed by atoms with Gasteiger partial charge >= 0.3 is 6.03 Å². The van der Waals surface area contributed by atoms with E-state index >= 15 is 0 Å². The van der Waals surface area contributed by atoms with E-state index in [1.807, 2.05) is 5.32 Å². The zero-order valence-electron chi connectivity index (χ0n) is 14.0. The van der Waals surface area contributed by atoms with Crippen LogP contribution in [0.4, 0.5) is 4.79 Å². The second kappa shape index (κ2) is 8.65. The molecule has 1 aromatic rings. The van der Waals surface area contributed by atoms with Gasteiger partial charge < -0.3 is 10.5 Å². The van der Waals surface area contributed by atoms with Crippen LogP contribution in [0.1, 0.15) is 13.3 Å². The number of nitrogens with one attached hydrogen (secondary N) is 1. The number of nitrogens with zero attached hydrogens (tertiary/aromatic N) is 1. The van der Waals surface area contributed by atoms with Crippen molar-refractivity contribution in [3.63, 3.8) is 0 Å². The van der Waals surface area contributed by atoms with Crippen molar-refractivity contribution < 1.29 is 22.7 Å². The number of amides is 3. The summed E-state index contributed by atoms with van der Waals surface area (Å²) in [6, 6.07) is 4.90. The maximum Gasteiger partial charge on any atom is 0.318 e. The minimum atomic E-state index is -3.27. The van der Waals surface area contributed by atoms with Crippen molar-refractivity contribution in [3.8, 4) is 5.75 Å². The Balaban J connectivity index is 2.43. The highest BCUT2D eigenvalue weighted by Gasteiger charge is 2.18. The molecule has 9 heteroatoms. The molecule has 0 spiro atoms. The van der Waals surface area contributed by atoms with E-state index in [0.717, 1.165) is 6.26 Å². The summed E-state index contributed by atoms with van der Waals surface area (Å²) in [7, 11) is -1.52. The normalized spacial score (nSPS) is 12.7. The van der Waals surface area contributed by atoms with Gasteiger partial charge in [-0.1, -0.05) is 6.07 Å². The monoisotopic (exact) mass is 357 g/mol. The predicted octanol–water partition coefficient (Wildman–Crippen LogP) is 0.374. The molecule has 0 fully saturated rings. The Kier molecular flexibility index (Phi) is 7.18. The molecule has 1 atom stereocenters. The summed E-state index contributed by atoms with van der Waals surface area (Å²) in [6.45, 7) is 2.58. The standard InChI is InChI=1S/C15H23N3O5S/c1-11(14(19)17-15(16)20)18(2)8-5-9-23-12-6-4-7-13(10-12)24(3,21)22/h4,6-7,10-11H,5,8-9H2,1-3H3,(H3,16,17,19,20). The fourth-order valence-corrected chi connectivity index (χ4v) is 2.57. The van der Waals surface area contributed by atoms with Gasteiger partial charge in [0.1, 0.15) is 5.75 Å². The highest BCUT2D eigenvalue weighted by atomic mass is 32.2. The molecule has 0 aromatic heterocycles. The summed E-state index contributed by atoms with van der Waals surface area (Å²) >= 11 is 0. The highest BCUT2D eigenvalue weighted by Crippen LogP contribution is 2.17. The molecular weight excluding hydrogens is 334 g/mol. The molecule has 3 N–H and O–H groups in total. The molecule has 3 amide bonds. The Morgan fingerprint density at radius 2 is 2.04 bits per heavy atom. The SMILES string of the molecule is CC(C(=O)NC(N)=O)N(C)CCCOc1cccc(S(C)(=O)=O)c1.